The van der Waals surface area contributed by atoms with Crippen molar-refractivity contribution in [3.8, 4) is 0 Å². The number of piperidine rings is 1. The minimum Gasteiger partial charge on any atom is -0.338 e. The van der Waals surface area contributed by atoms with Gasteiger partial charge in [-0.15, -0.1) is 12.4 Å². The van der Waals surface area contributed by atoms with Gasteiger partial charge in [-0.05, 0) is 30.9 Å². The number of nitrogens with two attached hydrogens (primary N) is 1. The average molecular weight is 288 g/mol. The molecule has 6 heteroatoms. The molecule has 1 aliphatic rings. The zero-order valence-electron chi connectivity index (χ0n) is 10.9. The van der Waals surface area contributed by atoms with Gasteiger partial charge in [-0.2, -0.15) is 0 Å². The summed E-state index contributed by atoms with van der Waals surface area (Å²) >= 11 is 0. The van der Waals surface area contributed by atoms with Gasteiger partial charge in [0.15, 0.2) is 5.82 Å². The molecule has 2 rings (SSSR count). The van der Waals surface area contributed by atoms with Crippen molar-refractivity contribution in [2.24, 2.45) is 17.6 Å². The number of amides is 1. The van der Waals surface area contributed by atoms with Crippen molar-refractivity contribution >= 4 is 18.3 Å². The normalized spacial score (nSPS) is 22.8. The Morgan fingerprint density at radius 2 is 2.37 bits per heavy atom. The summed E-state index contributed by atoms with van der Waals surface area (Å²) in [6.07, 6.45) is 3.42. The minimum absolute atomic E-state index is 0. The van der Waals surface area contributed by atoms with Crippen molar-refractivity contribution in [2.45, 2.75) is 13.3 Å². The Balaban J connectivity index is 0.00000180. The summed E-state index contributed by atoms with van der Waals surface area (Å²) in [6, 6.07) is 1.42. The molecular formula is C13H19ClFN3O. The molecule has 2 unspecified atom stereocenters. The molecular weight excluding hydrogens is 269 g/mol. The Morgan fingerprint density at radius 1 is 1.63 bits per heavy atom. The first-order chi connectivity index (χ1) is 8.63. The molecule has 0 bridgehead atoms. The average Bonchev–Trinajstić information content (AvgIpc) is 2.39. The fraction of sp³-hybridized carbons (Fsp3) is 0.538. The van der Waals surface area contributed by atoms with Gasteiger partial charge in [0.05, 0.1) is 11.8 Å². The van der Waals surface area contributed by atoms with Crippen LogP contribution in [0.5, 0.6) is 0 Å². The van der Waals surface area contributed by atoms with E-state index in [-0.39, 0.29) is 23.9 Å². The van der Waals surface area contributed by atoms with Crippen molar-refractivity contribution in [2.75, 3.05) is 19.6 Å². The predicted octanol–water partition coefficient (Wildman–Crippen LogP) is 1.70. The first-order valence-corrected chi connectivity index (χ1v) is 6.22. The van der Waals surface area contributed by atoms with E-state index in [0.717, 1.165) is 12.6 Å². The fourth-order valence-electron chi connectivity index (χ4n) is 2.36. The topological polar surface area (TPSA) is 59.2 Å². The van der Waals surface area contributed by atoms with E-state index >= 15 is 0 Å². The van der Waals surface area contributed by atoms with E-state index in [1.807, 2.05) is 0 Å². The maximum Gasteiger partial charge on any atom is 0.256 e. The van der Waals surface area contributed by atoms with E-state index in [0.29, 0.717) is 31.5 Å². The molecule has 1 aromatic rings. The largest absolute Gasteiger partial charge is 0.338 e. The summed E-state index contributed by atoms with van der Waals surface area (Å²) in [5.41, 5.74) is 5.80. The van der Waals surface area contributed by atoms with Crippen LogP contribution in [0.2, 0.25) is 0 Å². The summed E-state index contributed by atoms with van der Waals surface area (Å²) in [6.45, 7) is 3.98. The van der Waals surface area contributed by atoms with E-state index in [1.165, 1.54) is 12.3 Å². The standard InChI is InChI=1S/C13H18FN3O.ClH/c1-9-3-5-17(8-10(9)6-15)13(18)11-2-4-16-7-12(11)14;/h2,4,7,9-10H,3,5-6,8,15H2,1H3;1H. The summed E-state index contributed by atoms with van der Waals surface area (Å²) in [4.78, 5) is 17.5. The molecule has 1 aromatic heterocycles. The third kappa shape index (κ3) is 3.42. The van der Waals surface area contributed by atoms with Crippen LogP contribution in [0.15, 0.2) is 18.5 Å². The van der Waals surface area contributed by atoms with Crippen LogP contribution in [0, 0.1) is 17.7 Å². The van der Waals surface area contributed by atoms with Gasteiger partial charge in [0.25, 0.3) is 5.91 Å². The number of rotatable bonds is 2. The molecule has 2 atom stereocenters. The maximum atomic E-state index is 13.5. The van der Waals surface area contributed by atoms with Crippen LogP contribution < -0.4 is 5.73 Å². The van der Waals surface area contributed by atoms with Gasteiger partial charge in [-0.25, -0.2) is 4.39 Å². The van der Waals surface area contributed by atoms with Crippen LogP contribution in [-0.4, -0.2) is 35.4 Å². The second kappa shape index (κ2) is 6.82. The molecule has 0 aromatic carbocycles. The van der Waals surface area contributed by atoms with E-state index in [4.69, 9.17) is 5.73 Å². The number of carbonyl (C=O) groups is 1. The molecule has 106 valence electrons. The molecule has 0 radical (unpaired) electrons. The number of carbonyl (C=O) groups excluding carboxylic acids is 1. The van der Waals surface area contributed by atoms with Gasteiger partial charge in [0.2, 0.25) is 0 Å². The number of halogens is 2. The molecule has 2 heterocycles. The number of likely N-dealkylation sites (tertiary alicyclic amines) is 1. The molecule has 1 aliphatic heterocycles. The van der Waals surface area contributed by atoms with Crippen LogP contribution in [0.3, 0.4) is 0 Å². The Labute approximate surface area is 118 Å². The van der Waals surface area contributed by atoms with E-state index < -0.39 is 5.82 Å². The number of nitrogens with zero attached hydrogens (tertiary/aromatic N) is 2. The molecule has 1 fully saturated rings. The van der Waals surface area contributed by atoms with E-state index in [9.17, 15) is 9.18 Å². The molecule has 4 nitrogen and oxygen atoms in total. The van der Waals surface area contributed by atoms with Crippen LogP contribution in [0.1, 0.15) is 23.7 Å². The lowest BCUT2D eigenvalue weighted by Crippen LogP contribution is -2.45. The lowest BCUT2D eigenvalue weighted by atomic mass is 9.87. The third-order valence-corrected chi connectivity index (χ3v) is 3.71. The van der Waals surface area contributed by atoms with E-state index in [2.05, 4.69) is 11.9 Å². The van der Waals surface area contributed by atoms with Crippen molar-refractivity contribution in [1.82, 2.24) is 9.88 Å². The first kappa shape index (κ1) is 15.9. The third-order valence-electron chi connectivity index (χ3n) is 3.71. The highest BCUT2D eigenvalue weighted by Gasteiger charge is 2.29. The van der Waals surface area contributed by atoms with Crippen molar-refractivity contribution in [3.63, 3.8) is 0 Å². The van der Waals surface area contributed by atoms with Gasteiger partial charge >= 0.3 is 0 Å². The van der Waals surface area contributed by atoms with Crippen LogP contribution in [-0.2, 0) is 0 Å². The van der Waals surface area contributed by atoms with Crippen molar-refractivity contribution in [1.29, 1.82) is 0 Å². The van der Waals surface area contributed by atoms with Gasteiger partial charge in [-0.1, -0.05) is 6.92 Å². The molecule has 2 N–H and O–H groups in total. The highest BCUT2D eigenvalue weighted by atomic mass is 35.5. The molecule has 0 aliphatic carbocycles. The Hall–Kier alpha value is -1.20. The highest BCUT2D eigenvalue weighted by Crippen LogP contribution is 2.23. The quantitative estimate of drug-likeness (QED) is 0.901. The van der Waals surface area contributed by atoms with Crippen LogP contribution >= 0.6 is 12.4 Å². The van der Waals surface area contributed by atoms with E-state index in [1.54, 1.807) is 4.90 Å². The Kier molecular flexibility index (Phi) is 5.69. The second-order valence-electron chi connectivity index (χ2n) is 4.87. The Morgan fingerprint density at radius 3 is 3.00 bits per heavy atom. The van der Waals surface area contributed by atoms with Gasteiger partial charge < -0.3 is 10.6 Å². The van der Waals surface area contributed by atoms with Crippen molar-refractivity contribution in [3.05, 3.63) is 29.8 Å². The maximum absolute atomic E-state index is 13.5. The van der Waals surface area contributed by atoms with Crippen LogP contribution in [0.4, 0.5) is 4.39 Å². The van der Waals surface area contributed by atoms with Gasteiger partial charge in [0.1, 0.15) is 0 Å². The zero-order valence-corrected chi connectivity index (χ0v) is 11.7. The van der Waals surface area contributed by atoms with Crippen molar-refractivity contribution < 1.29 is 9.18 Å². The molecule has 0 saturated carbocycles. The zero-order chi connectivity index (χ0) is 13.1. The second-order valence-corrected chi connectivity index (χ2v) is 4.87. The number of aromatic nitrogens is 1. The number of pyridine rings is 1. The smallest absolute Gasteiger partial charge is 0.256 e. The lowest BCUT2D eigenvalue weighted by Gasteiger charge is -2.36. The Bertz CT molecular complexity index is 444. The SMILES string of the molecule is CC1CCN(C(=O)c2ccncc2F)CC1CN.Cl. The monoisotopic (exact) mass is 287 g/mol. The van der Waals surface area contributed by atoms with Gasteiger partial charge in [0, 0.05) is 19.3 Å². The number of hydrogen-bond acceptors (Lipinski definition) is 3. The molecule has 0 spiro atoms. The molecule has 1 amide bonds. The van der Waals surface area contributed by atoms with Gasteiger partial charge in [-0.3, -0.25) is 9.78 Å². The predicted molar refractivity (Wildman–Crippen MR) is 73.7 cm³/mol. The molecule has 19 heavy (non-hydrogen) atoms. The summed E-state index contributed by atoms with van der Waals surface area (Å²) in [7, 11) is 0. The number of hydrogen-bond donors (Lipinski definition) is 1. The fourth-order valence-corrected chi connectivity index (χ4v) is 2.36. The highest BCUT2D eigenvalue weighted by molar-refractivity contribution is 5.94. The molecule has 1 saturated heterocycles. The summed E-state index contributed by atoms with van der Waals surface area (Å²) in [5, 5.41) is 0. The summed E-state index contributed by atoms with van der Waals surface area (Å²) < 4.78 is 13.5. The summed E-state index contributed by atoms with van der Waals surface area (Å²) in [5.74, 6) is -0.0143. The minimum atomic E-state index is -0.564. The lowest BCUT2D eigenvalue weighted by molar-refractivity contribution is 0.0613. The first-order valence-electron chi connectivity index (χ1n) is 6.22. The van der Waals surface area contributed by atoms with Crippen LogP contribution in [0.25, 0.3) is 0 Å².